The van der Waals surface area contributed by atoms with E-state index in [1.165, 1.54) is 4.90 Å². The summed E-state index contributed by atoms with van der Waals surface area (Å²) in [5.41, 5.74) is 0. The molecule has 0 aromatic carbocycles. The van der Waals surface area contributed by atoms with Crippen LogP contribution >= 0.6 is 11.8 Å². The normalized spacial score (nSPS) is 20.6. The molecule has 0 saturated carbocycles. The van der Waals surface area contributed by atoms with Crippen molar-refractivity contribution in [3.63, 3.8) is 0 Å². The first kappa shape index (κ1) is 13.2. The lowest BCUT2D eigenvalue weighted by molar-refractivity contribution is -0.137. The van der Waals surface area contributed by atoms with Crippen LogP contribution in [0.25, 0.3) is 0 Å². The molecular weight excluding hydrogens is 228 g/mol. The Morgan fingerprint density at radius 2 is 2.25 bits per heavy atom. The maximum Gasteiger partial charge on any atom is 0.320 e. The second kappa shape index (κ2) is 5.98. The van der Waals surface area contributed by atoms with Crippen molar-refractivity contribution in [1.29, 1.82) is 0 Å². The van der Waals surface area contributed by atoms with E-state index in [1.807, 2.05) is 23.6 Å². The average molecular weight is 246 g/mol. The molecule has 0 aromatic rings. The van der Waals surface area contributed by atoms with Crippen LogP contribution in [0.1, 0.15) is 13.3 Å². The van der Waals surface area contributed by atoms with E-state index in [4.69, 9.17) is 5.11 Å². The van der Waals surface area contributed by atoms with Gasteiger partial charge in [0.25, 0.3) is 0 Å². The quantitative estimate of drug-likeness (QED) is 0.805. The maximum absolute atomic E-state index is 12.0. The van der Waals surface area contributed by atoms with Crippen molar-refractivity contribution in [3.8, 4) is 0 Å². The van der Waals surface area contributed by atoms with Crippen molar-refractivity contribution in [3.05, 3.63) is 0 Å². The van der Waals surface area contributed by atoms with Crippen LogP contribution in [-0.2, 0) is 4.79 Å². The van der Waals surface area contributed by atoms with Gasteiger partial charge in [0.2, 0.25) is 0 Å². The Kier molecular flexibility index (Phi) is 4.92. The fourth-order valence-corrected chi connectivity index (χ4v) is 2.60. The highest BCUT2D eigenvalue weighted by Gasteiger charge is 2.25. The van der Waals surface area contributed by atoms with E-state index in [-0.39, 0.29) is 25.0 Å². The minimum atomic E-state index is -0.873. The van der Waals surface area contributed by atoms with E-state index in [0.29, 0.717) is 0 Å². The summed E-state index contributed by atoms with van der Waals surface area (Å²) in [6, 6.07) is 0.174. The Balaban J connectivity index is 2.45. The third-order valence-corrected chi connectivity index (χ3v) is 3.79. The predicted molar refractivity (Wildman–Crippen MR) is 63.8 cm³/mol. The van der Waals surface area contributed by atoms with Gasteiger partial charge < -0.3 is 14.9 Å². The molecule has 1 saturated heterocycles. The number of urea groups is 1. The molecule has 0 aliphatic carbocycles. The van der Waals surface area contributed by atoms with Gasteiger partial charge in [-0.1, -0.05) is 0 Å². The van der Waals surface area contributed by atoms with Gasteiger partial charge in [-0.05, 0) is 6.92 Å². The SMILES string of the molecule is CC1CSCCN1C(=O)N(C)CCC(=O)O. The monoisotopic (exact) mass is 246 g/mol. The van der Waals surface area contributed by atoms with Crippen molar-refractivity contribution < 1.29 is 14.7 Å². The minimum absolute atomic E-state index is 0.000783. The maximum atomic E-state index is 12.0. The molecule has 1 heterocycles. The average Bonchev–Trinajstić information content (AvgIpc) is 2.25. The number of aliphatic carboxylic acids is 1. The molecule has 0 aromatic heterocycles. The Morgan fingerprint density at radius 1 is 1.56 bits per heavy atom. The number of thioether (sulfide) groups is 1. The van der Waals surface area contributed by atoms with E-state index in [1.54, 1.807) is 7.05 Å². The van der Waals surface area contributed by atoms with Gasteiger partial charge in [-0.3, -0.25) is 4.79 Å². The van der Waals surface area contributed by atoms with Gasteiger partial charge in [0.05, 0.1) is 6.42 Å². The number of carbonyl (C=O) groups is 2. The van der Waals surface area contributed by atoms with Crippen LogP contribution in [0, 0.1) is 0 Å². The summed E-state index contributed by atoms with van der Waals surface area (Å²) in [6.45, 7) is 3.04. The number of hydrogen-bond donors (Lipinski definition) is 1. The van der Waals surface area contributed by atoms with Gasteiger partial charge in [-0.2, -0.15) is 11.8 Å². The highest BCUT2D eigenvalue weighted by atomic mass is 32.2. The lowest BCUT2D eigenvalue weighted by Crippen LogP contribution is -2.50. The molecule has 1 fully saturated rings. The summed E-state index contributed by atoms with van der Waals surface area (Å²) in [4.78, 5) is 25.7. The van der Waals surface area contributed by atoms with Gasteiger partial charge in [-0.25, -0.2) is 4.79 Å². The number of carboxylic acids is 1. The van der Waals surface area contributed by atoms with E-state index < -0.39 is 5.97 Å². The summed E-state index contributed by atoms with van der Waals surface area (Å²) in [5, 5.41) is 8.55. The first-order valence-corrected chi connectivity index (χ1v) is 6.49. The molecule has 92 valence electrons. The fourth-order valence-electron chi connectivity index (χ4n) is 1.59. The molecule has 6 heteroatoms. The number of carboxylic acid groups (broad SMARTS) is 1. The predicted octanol–water partition coefficient (Wildman–Crippen LogP) is 0.950. The fraction of sp³-hybridized carbons (Fsp3) is 0.800. The third-order valence-electron chi connectivity index (χ3n) is 2.60. The number of hydrogen-bond acceptors (Lipinski definition) is 3. The molecule has 16 heavy (non-hydrogen) atoms. The van der Waals surface area contributed by atoms with Crippen LogP contribution in [-0.4, -0.2) is 64.6 Å². The summed E-state index contributed by atoms with van der Waals surface area (Å²) in [6.07, 6.45) is -0.000783. The van der Waals surface area contributed by atoms with E-state index in [0.717, 1.165) is 18.1 Å². The van der Waals surface area contributed by atoms with Gasteiger partial charge in [-0.15, -0.1) is 0 Å². The van der Waals surface area contributed by atoms with Crippen molar-refractivity contribution in [2.45, 2.75) is 19.4 Å². The topological polar surface area (TPSA) is 60.9 Å². The highest BCUT2D eigenvalue weighted by Crippen LogP contribution is 2.17. The Morgan fingerprint density at radius 3 is 2.81 bits per heavy atom. The molecule has 1 aliphatic heterocycles. The zero-order chi connectivity index (χ0) is 12.1. The van der Waals surface area contributed by atoms with Crippen LogP contribution in [0.4, 0.5) is 4.79 Å². The van der Waals surface area contributed by atoms with Crippen molar-refractivity contribution >= 4 is 23.8 Å². The van der Waals surface area contributed by atoms with E-state index in [9.17, 15) is 9.59 Å². The van der Waals surface area contributed by atoms with Crippen LogP contribution < -0.4 is 0 Å². The number of carbonyl (C=O) groups excluding carboxylic acids is 1. The standard InChI is InChI=1S/C10H18N2O3S/c1-8-7-16-6-5-12(8)10(15)11(2)4-3-9(13)14/h8H,3-7H2,1-2H3,(H,13,14). The second-order valence-corrected chi connectivity index (χ2v) is 5.12. The lowest BCUT2D eigenvalue weighted by Gasteiger charge is -2.35. The lowest BCUT2D eigenvalue weighted by atomic mass is 10.3. The molecule has 0 spiro atoms. The molecule has 5 nitrogen and oxygen atoms in total. The number of nitrogens with zero attached hydrogens (tertiary/aromatic N) is 2. The van der Waals surface area contributed by atoms with Crippen molar-refractivity contribution in [2.75, 3.05) is 31.6 Å². The summed E-state index contributed by atoms with van der Waals surface area (Å²) in [5.74, 6) is 1.04. The molecule has 0 radical (unpaired) electrons. The van der Waals surface area contributed by atoms with Crippen LogP contribution in [0.2, 0.25) is 0 Å². The Labute approximate surface area is 99.8 Å². The summed E-state index contributed by atoms with van der Waals surface area (Å²) in [7, 11) is 1.65. The van der Waals surface area contributed by atoms with Gasteiger partial charge in [0, 0.05) is 37.7 Å². The van der Waals surface area contributed by atoms with Crippen molar-refractivity contribution in [1.82, 2.24) is 9.80 Å². The molecule has 1 N–H and O–H groups in total. The number of amides is 2. The van der Waals surface area contributed by atoms with Gasteiger partial charge in [0.1, 0.15) is 0 Å². The first-order valence-electron chi connectivity index (χ1n) is 5.33. The molecule has 0 bridgehead atoms. The van der Waals surface area contributed by atoms with E-state index in [2.05, 4.69) is 0 Å². The van der Waals surface area contributed by atoms with Crippen LogP contribution in [0.15, 0.2) is 0 Å². The molecule has 1 aliphatic rings. The third kappa shape index (κ3) is 3.59. The highest BCUT2D eigenvalue weighted by molar-refractivity contribution is 7.99. The van der Waals surface area contributed by atoms with Crippen LogP contribution in [0.5, 0.6) is 0 Å². The van der Waals surface area contributed by atoms with Crippen molar-refractivity contribution in [2.24, 2.45) is 0 Å². The largest absolute Gasteiger partial charge is 0.481 e. The smallest absolute Gasteiger partial charge is 0.320 e. The minimum Gasteiger partial charge on any atom is -0.481 e. The Bertz CT molecular complexity index is 273. The zero-order valence-corrected chi connectivity index (χ0v) is 10.5. The molecule has 1 atom stereocenters. The molecular formula is C10H18N2O3S. The molecule has 1 unspecified atom stereocenters. The zero-order valence-electron chi connectivity index (χ0n) is 9.68. The first-order chi connectivity index (χ1) is 7.52. The van der Waals surface area contributed by atoms with E-state index >= 15 is 0 Å². The molecule has 2 amide bonds. The summed E-state index contributed by atoms with van der Waals surface area (Å²) < 4.78 is 0. The Hall–Kier alpha value is -0.910. The molecule has 1 rings (SSSR count). The summed E-state index contributed by atoms with van der Waals surface area (Å²) >= 11 is 1.85. The van der Waals surface area contributed by atoms with Gasteiger partial charge >= 0.3 is 12.0 Å². The van der Waals surface area contributed by atoms with Crippen LogP contribution in [0.3, 0.4) is 0 Å². The second-order valence-electron chi connectivity index (χ2n) is 3.97. The number of rotatable bonds is 3. The van der Waals surface area contributed by atoms with Gasteiger partial charge in [0.15, 0.2) is 0 Å².